The predicted octanol–water partition coefficient (Wildman–Crippen LogP) is 4.26. The minimum atomic E-state index is -4.07. The van der Waals surface area contributed by atoms with Crippen LogP contribution >= 0.6 is 0 Å². The maximum atomic E-state index is 12.7. The van der Waals surface area contributed by atoms with Crippen molar-refractivity contribution in [2.75, 3.05) is 31.0 Å². The molecule has 0 radical (unpaired) electrons. The molecular formula is C23H24N4O7S. The number of ether oxygens (including phenoxy) is 3. The molecule has 3 aromatic rings. The van der Waals surface area contributed by atoms with Gasteiger partial charge in [-0.1, -0.05) is 0 Å². The van der Waals surface area contributed by atoms with Crippen LogP contribution in [0.25, 0.3) is 0 Å². The molecule has 0 unspecified atom stereocenters. The average Bonchev–Trinajstić information content (AvgIpc) is 2.85. The molecule has 0 aromatic heterocycles. The number of benzene rings is 3. The van der Waals surface area contributed by atoms with E-state index in [0.717, 1.165) is 6.07 Å². The van der Waals surface area contributed by atoms with Crippen LogP contribution in [0, 0.1) is 10.1 Å². The first-order valence-corrected chi connectivity index (χ1v) is 11.8. The van der Waals surface area contributed by atoms with E-state index < -0.39 is 20.6 Å². The maximum Gasteiger partial charge on any atom is 0.295 e. The Bertz CT molecular complexity index is 1330. The van der Waals surface area contributed by atoms with Gasteiger partial charge < -0.3 is 14.2 Å². The number of nitrogens with one attached hydrogen (secondary N) is 2. The van der Waals surface area contributed by atoms with E-state index >= 15 is 0 Å². The first-order valence-electron chi connectivity index (χ1n) is 10.3. The zero-order valence-corrected chi connectivity index (χ0v) is 20.0. The van der Waals surface area contributed by atoms with Crippen LogP contribution in [0.5, 0.6) is 17.2 Å². The monoisotopic (exact) mass is 500 g/mol. The molecule has 0 heterocycles. The second-order valence-electron chi connectivity index (χ2n) is 6.98. The van der Waals surface area contributed by atoms with Crippen LogP contribution in [0.15, 0.2) is 70.7 Å². The van der Waals surface area contributed by atoms with Crippen LogP contribution < -0.4 is 24.4 Å². The molecule has 0 amide bonds. The Labute approximate surface area is 202 Å². The van der Waals surface area contributed by atoms with Gasteiger partial charge in [-0.3, -0.25) is 20.3 Å². The van der Waals surface area contributed by atoms with Gasteiger partial charge in [0.15, 0.2) is 11.5 Å². The highest BCUT2D eigenvalue weighted by Crippen LogP contribution is 2.30. The summed E-state index contributed by atoms with van der Waals surface area (Å²) in [5.74, 6) is 1.65. The molecule has 0 bridgehead atoms. The Kier molecular flexibility index (Phi) is 8.10. The Morgan fingerprint density at radius 2 is 1.74 bits per heavy atom. The van der Waals surface area contributed by atoms with Gasteiger partial charge in [-0.2, -0.15) is 5.10 Å². The van der Waals surface area contributed by atoms with Crippen LogP contribution in [-0.4, -0.2) is 40.4 Å². The number of sulfonamides is 1. The number of methoxy groups -OCH3 is 2. The van der Waals surface area contributed by atoms with Gasteiger partial charge in [0.05, 0.1) is 36.9 Å². The molecule has 0 aliphatic heterocycles. The summed E-state index contributed by atoms with van der Waals surface area (Å²) in [5, 5.41) is 15.6. The van der Waals surface area contributed by atoms with E-state index in [-0.39, 0.29) is 16.3 Å². The third kappa shape index (κ3) is 6.38. The Balaban J connectivity index is 1.79. The van der Waals surface area contributed by atoms with Crippen molar-refractivity contribution in [3.8, 4) is 17.2 Å². The number of rotatable bonds is 11. The SMILES string of the molecule is CCOc1ccc(C=NNc2ccc(S(=O)(=O)Nc3ccc(OC)cc3)cc2[N+](=O)[O-])cc1OC. The van der Waals surface area contributed by atoms with Gasteiger partial charge >= 0.3 is 0 Å². The third-order valence-electron chi connectivity index (χ3n) is 4.70. The Morgan fingerprint density at radius 3 is 2.37 bits per heavy atom. The molecule has 0 aliphatic carbocycles. The second-order valence-corrected chi connectivity index (χ2v) is 8.67. The number of nitro benzene ring substituents is 1. The van der Waals surface area contributed by atoms with Gasteiger partial charge in [0, 0.05) is 11.8 Å². The van der Waals surface area contributed by atoms with Crippen molar-refractivity contribution in [3.05, 3.63) is 76.3 Å². The van der Waals surface area contributed by atoms with Crippen molar-refractivity contribution < 1.29 is 27.6 Å². The van der Waals surface area contributed by atoms with E-state index in [9.17, 15) is 18.5 Å². The normalized spacial score (nSPS) is 11.2. The van der Waals surface area contributed by atoms with Crippen molar-refractivity contribution in [3.63, 3.8) is 0 Å². The molecule has 0 saturated carbocycles. The molecule has 11 nitrogen and oxygen atoms in total. The first-order chi connectivity index (χ1) is 16.8. The van der Waals surface area contributed by atoms with E-state index in [2.05, 4.69) is 15.2 Å². The Morgan fingerprint density at radius 1 is 1.00 bits per heavy atom. The lowest BCUT2D eigenvalue weighted by atomic mass is 10.2. The lowest BCUT2D eigenvalue weighted by molar-refractivity contribution is -0.384. The third-order valence-corrected chi connectivity index (χ3v) is 6.08. The molecule has 0 spiro atoms. The smallest absolute Gasteiger partial charge is 0.295 e. The number of hydrogen-bond acceptors (Lipinski definition) is 9. The van der Waals surface area contributed by atoms with Crippen molar-refractivity contribution in [1.82, 2.24) is 0 Å². The number of nitrogens with zero attached hydrogens (tertiary/aromatic N) is 2. The van der Waals surface area contributed by atoms with E-state index in [4.69, 9.17) is 14.2 Å². The zero-order chi connectivity index (χ0) is 25.4. The van der Waals surface area contributed by atoms with E-state index in [1.807, 2.05) is 6.92 Å². The van der Waals surface area contributed by atoms with Crippen LogP contribution in [0.4, 0.5) is 17.1 Å². The molecule has 12 heteroatoms. The fourth-order valence-electron chi connectivity index (χ4n) is 3.01. The molecule has 35 heavy (non-hydrogen) atoms. The highest BCUT2D eigenvalue weighted by atomic mass is 32.2. The summed E-state index contributed by atoms with van der Waals surface area (Å²) < 4.78 is 43.7. The number of nitro groups is 1. The predicted molar refractivity (Wildman–Crippen MR) is 132 cm³/mol. The summed E-state index contributed by atoms with van der Waals surface area (Å²) in [7, 11) is -1.07. The quantitative estimate of drug-likeness (QED) is 0.226. The summed E-state index contributed by atoms with van der Waals surface area (Å²) in [6, 6.07) is 14.9. The van der Waals surface area contributed by atoms with Crippen molar-refractivity contribution >= 4 is 33.3 Å². The summed E-state index contributed by atoms with van der Waals surface area (Å²) in [4.78, 5) is 10.6. The lowest BCUT2D eigenvalue weighted by Gasteiger charge is -2.10. The second kappa shape index (κ2) is 11.2. The standard InChI is InChI=1S/C23H24N4O7S/c1-4-34-22-12-5-16(13-23(22)33-3)15-24-25-20-11-10-19(14-21(20)27(28)29)35(30,31)26-17-6-8-18(32-2)9-7-17/h5-15,25-26H,4H2,1-3H3. The maximum absolute atomic E-state index is 12.7. The van der Waals surface area contributed by atoms with Gasteiger partial charge in [-0.15, -0.1) is 0 Å². The van der Waals surface area contributed by atoms with Crippen LogP contribution in [0.3, 0.4) is 0 Å². The summed E-state index contributed by atoms with van der Waals surface area (Å²) in [5.41, 5.74) is 3.09. The molecule has 3 rings (SSSR count). The van der Waals surface area contributed by atoms with E-state index in [1.54, 1.807) is 30.3 Å². The molecule has 2 N–H and O–H groups in total. The number of hydrazone groups is 1. The average molecular weight is 501 g/mol. The van der Waals surface area contributed by atoms with Crippen molar-refractivity contribution in [1.29, 1.82) is 0 Å². The van der Waals surface area contributed by atoms with Gasteiger partial charge in [-0.25, -0.2) is 8.42 Å². The Hall–Kier alpha value is -4.32. The van der Waals surface area contributed by atoms with Crippen LogP contribution in [0.1, 0.15) is 12.5 Å². The number of anilines is 2. The van der Waals surface area contributed by atoms with E-state index in [1.165, 1.54) is 44.7 Å². The van der Waals surface area contributed by atoms with Gasteiger partial charge in [0.25, 0.3) is 15.7 Å². The summed E-state index contributed by atoms with van der Waals surface area (Å²) in [6.07, 6.45) is 1.44. The highest BCUT2D eigenvalue weighted by molar-refractivity contribution is 7.92. The highest BCUT2D eigenvalue weighted by Gasteiger charge is 2.21. The lowest BCUT2D eigenvalue weighted by Crippen LogP contribution is -2.13. The van der Waals surface area contributed by atoms with Gasteiger partial charge in [0.1, 0.15) is 11.4 Å². The van der Waals surface area contributed by atoms with Crippen LogP contribution in [-0.2, 0) is 10.0 Å². The van der Waals surface area contributed by atoms with Crippen molar-refractivity contribution in [2.24, 2.45) is 5.10 Å². The molecule has 3 aromatic carbocycles. The summed E-state index contributed by atoms with van der Waals surface area (Å²) in [6.45, 7) is 2.34. The van der Waals surface area contributed by atoms with E-state index in [0.29, 0.717) is 29.4 Å². The minimum Gasteiger partial charge on any atom is -0.497 e. The molecule has 0 atom stereocenters. The molecule has 0 fully saturated rings. The first kappa shape index (κ1) is 25.3. The molecular weight excluding hydrogens is 476 g/mol. The fraction of sp³-hybridized carbons (Fsp3) is 0.174. The van der Waals surface area contributed by atoms with Gasteiger partial charge in [-0.05, 0) is 67.1 Å². The largest absolute Gasteiger partial charge is 0.497 e. The molecule has 0 saturated heterocycles. The zero-order valence-electron chi connectivity index (χ0n) is 19.2. The minimum absolute atomic E-state index is 0.0209. The van der Waals surface area contributed by atoms with Crippen molar-refractivity contribution in [2.45, 2.75) is 11.8 Å². The molecule has 0 aliphatic rings. The topological polar surface area (TPSA) is 141 Å². The van der Waals surface area contributed by atoms with Gasteiger partial charge in [0.2, 0.25) is 0 Å². The van der Waals surface area contributed by atoms with Crippen LogP contribution in [0.2, 0.25) is 0 Å². The molecule has 184 valence electrons. The fourth-order valence-corrected chi connectivity index (χ4v) is 4.09. The summed E-state index contributed by atoms with van der Waals surface area (Å²) >= 11 is 0. The number of hydrogen-bond donors (Lipinski definition) is 2.